The van der Waals surface area contributed by atoms with Gasteiger partial charge in [0.15, 0.2) is 12.6 Å². The Labute approximate surface area is 313 Å². The lowest BCUT2D eigenvalue weighted by atomic mass is 9.73. The monoisotopic (exact) mass is 762 g/mol. The molecule has 0 aromatic rings. The molecule has 308 valence electrons. The van der Waals surface area contributed by atoms with E-state index < -0.39 is 114 Å². The number of aliphatic hydroxyl groups excluding tert-OH is 3. The van der Waals surface area contributed by atoms with Crippen LogP contribution in [0.5, 0.6) is 0 Å². The van der Waals surface area contributed by atoms with Crippen LogP contribution in [0.1, 0.15) is 94.9 Å². The van der Waals surface area contributed by atoms with Crippen molar-refractivity contribution in [3.63, 3.8) is 0 Å². The molecule has 16 heteroatoms. The molecule has 0 aromatic heterocycles. The lowest BCUT2D eigenvalue weighted by Crippen LogP contribution is -2.61. The van der Waals surface area contributed by atoms with Gasteiger partial charge >= 0.3 is 5.97 Å². The van der Waals surface area contributed by atoms with E-state index in [0.717, 1.165) is 0 Å². The Morgan fingerprint density at radius 2 is 1.58 bits per heavy atom. The molecule has 16 nitrogen and oxygen atoms in total. The lowest BCUT2D eigenvalue weighted by Gasteiger charge is -2.49. The molecule has 0 aliphatic carbocycles. The molecule has 3 heterocycles. The molecule has 0 aromatic carbocycles. The molecule has 3 aliphatic heterocycles. The molecule has 0 unspecified atom stereocenters. The fourth-order valence-electron chi connectivity index (χ4n) is 8.58. The van der Waals surface area contributed by atoms with Crippen LogP contribution in [-0.4, -0.2) is 152 Å². The van der Waals surface area contributed by atoms with Gasteiger partial charge in [0.1, 0.15) is 23.9 Å². The van der Waals surface area contributed by atoms with E-state index in [9.17, 15) is 40.3 Å². The summed E-state index contributed by atoms with van der Waals surface area (Å²) in [4.78, 5) is 27.2. The normalized spacial score (nSPS) is 48.8. The molecule has 3 rings (SSSR count). The SMILES string of the molecule is CC[C@H]1OC(=O)[C@H](C)[C@@H](O[C@H]2C[C@@](C)(OC)[C@@H](O)[C@H](C)O2)[C@H](C)[C@@H](O[C@@H]2O[C@H](C)C[C@H](N(C)C=O)[C@H]2O)[C@](C)(O)C[C@@H](C)/C(=N\O)[C@H](C)[C@@H](O)[C@]1(C)O. The second kappa shape index (κ2) is 17.9. The van der Waals surface area contributed by atoms with Crippen LogP contribution in [0.2, 0.25) is 0 Å². The highest BCUT2D eigenvalue weighted by atomic mass is 16.7. The third-order valence-corrected chi connectivity index (χ3v) is 12.0. The summed E-state index contributed by atoms with van der Waals surface area (Å²) in [5, 5.41) is 71.7. The summed E-state index contributed by atoms with van der Waals surface area (Å²) >= 11 is 0. The number of cyclic esters (lactones) is 1. The van der Waals surface area contributed by atoms with Crippen molar-refractivity contribution in [2.24, 2.45) is 28.8 Å². The molecule has 1 amide bonds. The summed E-state index contributed by atoms with van der Waals surface area (Å²) in [6.07, 6.45) is -10.1. The Hall–Kier alpha value is -1.99. The summed E-state index contributed by atoms with van der Waals surface area (Å²) in [6.45, 7) is 16.2. The van der Waals surface area contributed by atoms with Crippen molar-refractivity contribution in [2.75, 3.05) is 14.2 Å². The van der Waals surface area contributed by atoms with E-state index in [2.05, 4.69) is 5.16 Å². The maximum atomic E-state index is 14.1. The predicted molar refractivity (Wildman–Crippen MR) is 191 cm³/mol. The van der Waals surface area contributed by atoms with Gasteiger partial charge in [0.2, 0.25) is 6.41 Å². The number of hydrogen-bond donors (Lipinski definition) is 6. The predicted octanol–water partition coefficient (Wildman–Crippen LogP) is 1.57. The third kappa shape index (κ3) is 9.70. The van der Waals surface area contributed by atoms with E-state index in [1.165, 1.54) is 32.9 Å². The molecule has 53 heavy (non-hydrogen) atoms. The minimum absolute atomic E-state index is 0.0628. The van der Waals surface area contributed by atoms with Crippen molar-refractivity contribution >= 4 is 18.1 Å². The van der Waals surface area contributed by atoms with E-state index in [1.807, 2.05) is 0 Å². The maximum absolute atomic E-state index is 14.1. The van der Waals surface area contributed by atoms with Crippen LogP contribution >= 0.6 is 0 Å². The number of likely N-dealkylation sites (N-methyl/N-ethyl adjacent to an activating group) is 1. The van der Waals surface area contributed by atoms with E-state index in [1.54, 1.807) is 55.4 Å². The van der Waals surface area contributed by atoms with E-state index in [4.69, 9.17) is 28.4 Å². The number of aliphatic hydroxyl groups is 5. The van der Waals surface area contributed by atoms with Crippen LogP contribution < -0.4 is 0 Å². The number of oxime groups is 1. The first-order valence-corrected chi connectivity index (χ1v) is 18.8. The molecule has 0 saturated carbocycles. The topological polar surface area (TPSA) is 226 Å². The second-order valence-electron chi connectivity index (χ2n) is 16.4. The van der Waals surface area contributed by atoms with Crippen LogP contribution in [0.4, 0.5) is 0 Å². The highest BCUT2D eigenvalue weighted by Crippen LogP contribution is 2.41. The second-order valence-corrected chi connectivity index (χ2v) is 16.4. The van der Waals surface area contributed by atoms with Gasteiger partial charge in [0.05, 0.1) is 59.4 Å². The van der Waals surface area contributed by atoms with Gasteiger partial charge < -0.3 is 64.1 Å². The van der Waals surface area contributed by atoms with Crippen LogP contribution in [0.25, 0.3) is 0 Å². The zero-order valence-electron chi connectivity index (χ0n) is 33.4. The van der Waals surface area contributed by atoms with Crippen LogP contribution in [0.15, 0.2) is 5.16 Å². The minimum Gasteiger partial charge on any atom is -0.459 e. The van der Waals surface area contributed by atoms with E-state index in [-0.39, 0.29) is 25.0 Å². The number of methoxy groups -OCH3 is 1. The van der Waals surface area contributed by atoms with Gasteiger partial charge in [-0.1, -0.05) is 32.9 Å². The van der Waals surface area contributed by atoms with Crippen LogP contribution in [-0.2, 0) is 38.0 Å². The maximum Gasteiger partial charge on any atom is 0.311 e. The number of ether oxygens (including phenoxy) is 6. The van der Waals surface area contributed by atoms with Crippen LogP contribution in [0, 0.1) is 23.7 Å². The number of hydrogen-bond acceptors (Lipinski definition) is 15. The first-order valence-electron chi connectivity index (χ1n) is 18.8. The summed E-state index contributed by atoms with van der Waals surface area (Å²) in [5.41, 5.74) is -4.84. The molecule has 0 radical (unpaired) electrons. The average molecular weight is 763 g/mol. The molecule has 3 aliphatic rings. The van der Waals surface area contributed by atoms with Crippen molar-refractivity contribution < 1.29 is 68.8 Å². The van der Waals surface area contributed by atoms with Gasteiger partial charge in [-0.15, -0.1) is 0 Å². The number of carbonyl (C=O) groups is 2. The number of esters is 1. The number of nitrogens with zero attached hydrogens (tertiary/aromatic N) is 2. The lowest BCUT2D eigenvalue weighted by molar-refractivity contribution is -0.317. The van der Waals surface area contributed by atoms with Crippen LogP contribution in [0.3, 0.4) is 0 Å². The average Bonchev–Trinajstić information content (AvgIpc) is 3.09. The van der Waals surface area contributed by atoms with Crippen molar-refractivity contribution in [1.82, 2.24) is 4.90 Å². The molecule has 0 bridgehead atoms. The zero-order valence-corrected chi connectivity index (χ0v) is 33.4. The third-order valence-electron chi connectivity index (χ3n) is 12.0. The summed E-state index contributed by atoms with van der Waals surface area (Å²) in [5.74, 6) is -4.47. The fourth-order valence-corrected chi connectivity index (χ4v) is 8.58. The molecular weight excluding hydrogens is 696 g/mol. The van der Waals surface area contributed by atoms with Gasteiger partial charge in [-0.2, -0.15) is 0 Å². The Morgan fingerprint density at radius 1 is 0.962 bits per heavy atom. The highest BCUT2D eigenvalue weighted by Gasteiger charge is 2.53. The van der Waals surface area contributed by atoms with Crippen molar-refractivity contribution in [3.05, 3.63) is 0 Å². The van der Waals surface area contributed by atoms with E-state index >= 15 is 0 Å². The first kappa shape index (κ1) is 45.4. The quantitative estimate of drug-likeness (QED) is 0.0894. The highest BCUT2D eigenvalue weighted by molar-refractivity contribution is 5.88. The number of amides is 1. The molecular formula is C37H66N2O14. The number of carbonyl (C=O) groups excluding carboxylic acids is 2. The number of rotatable bonds is 8. The zero-order chi connectivity index (χ0) is 40.4. The molecule has 6 N–H and O–H groups in total. The van der Waals surface area contributed by atoms with Crippen molar-refractivity contribution in [2.45, 2.75) is 179 Å². The Morgan fingerprint density at radius 3 is 2.13 bits per heavy atom. The van der Waals surface area contributed by atoms with Crippen molar-refractivity contribution in [3.8, 4) is 0 Å². The minimum atomic E-state index is -1.99. The van der Waals surface area contributed by atoms with Gasteiger partial charge in [-0.3, -0.25) is 9.59 Å². The molecule has 0 spiro atoms. The Balaban J connectivity index is 2.22. The largest absolute Gasteiger partial charge is 0.459 e. The standard InChI is InChI=1S/C37H66N2O14/c1-13-25-37(10,46)30(42)20(4)27(38-47)18(2)15-35(8,45)32(53-34-28(41)24(39(11)17-40)14-19(3)49-34)21(5)29(22(6)33(44)51-25)52-26-16-36(9,48-12)31(43)23(7)50-26/h17-26,28-32,34,41-43,45-47H,13-16H2,1-12H3/b38-27+/t18-,19-,20+,21+,22-,23+,24+,25-,26+,28-,29+,30-,31+,32-,34+,35-,36-,37-/m1/s1. The summed E-state index contributed by atoms with van der Waals surface area (Å²) in [6, 6.07) is -0.676. The Bertz CT molecular complexity index is 1250. The van der Waals surface area contributed by atoms with E-state index in [0.29, 0.717) is 12.8 Å². The van der Waals surface area contributed by atoms with Gasteiger partial charge in [0.25, 0.3) is 0 Å². The fraction of sp³-hybridized carbons (Fsp3) is 0.919. The Kier molecular flexibility index (Phi) is 15.3. The first-order chi connectivity index (χ1) is 24.5. The molecule has 3 saturated heterocycles. The smallest absolute Gasteiger partial charge is 0.311 e. The van der Waals surface area contributed by atoms with Gasteiger partial charge in [-0.05, 0) is 60.8 Å². The summed E-state index contributed by atoms with van der Waals surface area (Å²) in [7, 11) is 3.00. The van der Waals surface area contributed by atoms with Gasteiger partial charge in [-0.25, -0.2) is 0 Å². The van der Waals surface area contributed by atoms with Gasteiger partial charge in [0, 0.05) is 38.3 Å². The molecule has 18 atom stereocenters. The summed E-state index contributed by atoms with van der Waals surface area (Å²) < 4.78 is 37.0. The molecule has 3 fully saturated rings. The van der Waals surface area contributed by atoms with Crippen molar-refractivity contribution in [1.29, 1.82) is 0 Å².